The zero-order valence-electron chi connectivity index (χ0n) is 12.0. The van der Waals surface area contributed by atoms with E-state index in [9.17, 15) is 0 Å². The molecule has 18 heavy (non-hydrogen) atoms. The molecular weight excluding hydrogens is 303 g/mol. The van der Waals surface area contributed by atoms with E-state index in [2.05, 4.69) is 54.7 Å². The summed E-state index contributed by atoms with van der Waals surface area (Å²) in [5.41, 5.74) is 0.248. The van der Waals surface area contributed by atoms with E-state index in [-0.39, 0.29) is 5.41 Å². The van der Waals surface area contributed by atoms with Crippen molar-refractivity contribution >= 4 is 31.1 Å². The molecule has 0 bridgehead atoms. The normalized spacial score (nSPS) is 11.2. The Kier molecular flexibility index (Phi) is 11.2. The summed E-state index contributed by atoms with van der Waals surface area (Å²) >= 11 is 5.34. The summed E-state index contributed by atoms with van der Waals surface area (Å²) in [6.07, 6.45) is 12.6. The summed E-state index contributed by atoms with van der Waals surface area (Å²) in [5, 5.41) is 0. The molecule has 0 spiro atoms. The van der Waals surface area contributed by atoms with Gasteiger partial charge in [-0.2, -0.15) is 0 Å². The molecule has 0 unspecified atom stereocenters. The Morgan fingerprint density at radius 1 is 1.11 bits per heavy atom. The predicted molar refractivity (Wildman–Crippen MR) is 89.7 cm³/mol. The van der Waals surface area contributed by atoms with Crippen molar-refractivity contribution in [2.45, 2.75) is 58.8 Å². The van der Waals surface area contributed by atoms with Crippen molar-refractivity contribution in [3.8, 4) is 0 Å². The van der Waals surface area contributed by atoms with E-state index in [1.807, 2.05) is 11.8 Å². The van der Waals surface area contributed by atoms with Gasteiger partial charge in [-0.25, -0.2) is 0 Å². The minimum atomic E-state index is 0.248. The molecule has 0 aromatic heterocycles. The zero-order valence-corrected chi connectivity index (χ0v) is 14.6. The quantitative estimate of drug-likeness (QED) is 0.271. The van der Waals surface area contributed by atoms with Gasteiger partial charge < -0.3 is 0 Å². The second-order valence-corrected chi connectivity index (χ2v) is 7.40. The fraction of sp³-hybridized carbons (Fsp3) is 0.688. The van der Waals surface area contributed by atoms with Crippen molar-refractivity contribution in [3.63, 3.8) is 0 Å². The van der Waals surface area contributed by atoms with Crippen LogP contribution in [0.3, 0.4) is 0 Å². The summed E-state index contributed by atoms with van der Waals surface area (Å²) in [6.45, 7) is 12.4. The van der Waals surface area contributed by atoms with Crippen LogP contribution in [-0.2, 0) is 0 Å². The van der Waals surface area contributed by atoms with Crippen molar-refractivity contribution in [1.29, 1.82) is 0 Å². The van der Waals surface area contributed by atoms with Crippen molar-refractivity contribution in [2.75, 3.05) is 5.75 Å². The number of unbranched alkanes of at least 4 members (excludes halogenated alkanes) is 2. The third-order valence-corrected chi connectivity index (χ3v) is 6.08. The molecule has 0 aliphatic rings. The van der Waals surface area contributed by atoms with Gasteiger partial charge in [0.2, 0.25) is 0 Å². The number of hydrogen-bond donors (Lipinski definition) is 0. The Morgan fingerprint density at radius 2 is 1.67 bits per heavy atom. The van der Waals surface area contributed by atoms with Gasteiger partial charge in [0.1, 0.15) is 0 Å². The van der Waals surface area contributed by atoms with Crippen LogP contribution < -0.4 is 0 Å². The average Bonchev–Trinajstić information content (AvgIpc) is 2.36. The average molecular weight is 331 g/mol. The molecule has 0 aromatic rings. The van der Waals surface area contributed by atoms with Crippen LogP contribution >= 0.6 is 11.8 Å². The SMILES string of the molecule is C=CCC(CC=C)(CCCC)C(=[Se])SCCCC. The number of hydrogen-bond acceptors (Lipinski definition) is 1. The number of allylic oxidation sites excluding steroid dienone is 2. The van der Waals surface area contributed by atoms with Gasteiger partial charge in [0, 0.05) is 0 Å². The second kappa shape index (κ2) is 11.1. The molecule has 0 atom stereocenters. The van der Waals surface area contributed by atoms with Gasteiger partial charge in [-0.15, -0.1) is 0 Å². The first-order chi connectivity index (χ1) is 8.66. The van der Waals surface area contributed by atoms with Gasteiger partial charge in [-0.3, -0.25) is 0 Å². The van der Waals surface area contributed by atoms with Crippen molar-refractivity contribution < 1.29 is 0 Å². The van der Waals surface area contributed by atoms with Crippen LogP contribution in [0.4, 0.5) is 0 Å². The molecule has 0 heterocycles. The van der Waals surface area contributed by atoms with E-state index < -0.39 is 0 Å². The molecule has 0 aromatic carbocycles. The van der Waals surface area contributed by atoms with Crippen LogP contribution in [0.2, 0.25) is 0 Å². The van der Waals surface area contributed by atoms with Crippen LogP contribution in [0.5, 0.6) is 0 Å². The van der Waals surface area contributed by atoms with E-state index in [0.29, 0.717) is 0 Å². The molecule has 0 saturated carbocycles. The summed E-state index contributed by atoms with van der Waals surface area (Å²) in [5.74, 6) is 1.22. The van der Waals surface area contributed by atoms with Gasteiger partial charge in [0.25, 0.3) is 0 Å². The first-order valence-electron chi connectivity index (χ1n) is 7.05. The standard InChI is InChI=1S/C16H28SSe/c1-5-9-13-16(11-7-3,12-8-4)15(18)17-14-10-6-2/h7-8H,3-6,9-14H2,1-2H3. The van der Waals surface area contributed by atoms with E-state index in [4.69, 9.17) is 0 Å². The fourth-order valence-electron chi connectivity index (χ4n) is 2.09. The van der Waals surface area contributed by atoms with Crippen molar-refractivity contribution in [1.82, 2.24) is 0 Å². The summed E-state index contributed by atoms with van der Waals surface area (Å²) in [4.78, 5) is 0. The molecule has 0 nitrogen and oxygen atoms in total. The molecule has 0 amide bonds. The second-order valence-electron chi connectivity index (χ2n) is 4.86. The van der Waals surface area contributed by atoms with E-state index in [1.165, 1.54) is 41.6 Å². The van der Waals surface area contributed by atoms with Crippen LogP contribution in [0, 0.1) is 5.41 Å². The van der Waals surface area contributed by atoms with Crippen molar-refractivity contribution in [3.05, 3.63) is 25.3 Å². The summed E-state index contributed by atoms with van der Waals surface area (Å²) in [7, 11) is 0. The van der Waals surface area contributed by atoms with Gasteiger partial charge in [-0.1, -0.05) is 0 Å². The maximum absolute atomic E-state index is 3.94. The Hall–Kier alpha value is 0.219. The summed E-state index contributed by atoms with van der Waals surface area (Å²) < 4.78 is 1.46. The molecule has 0 fully saturated rings. The van der Waals surface area contributed by atoms with Gasteiger partial charge in [0.05, 0.1) is 0 Å². The van der Waals surface area contributed by atoms with E-state index in [1.54, 1.807) is 0 Å². The summed E-state index contributed by atoms with van der Waals surface area (Å²) in [6, 6.07) is 0. The van der Waals surface area contributed by atoms with Gasteiger partial charge in [-0.05, 0) is 0 Å². The Bertz CT molecular complexity index is 248. The van der Waals surface area contributed by atoms with Gasteiger partial charge in [0.15, 0.2) is 0 Å². The molecule has 0 aliphatic carbocycles. The first kappa shape index (κ1) is 18.2. The van der Waals surface area contributed by atoms with Crippen molar-refractivity contribution in [2.24, 2.45) is 5.41 Å². The molecule has 0 aliphatic heterocycles. The first-order valence-corrected chi connectivity index (χ1v) is 8.90. The molecule has 0 radical (unpaired) electrons. The van der Waals surface area contributed by atoms with E-state index in [0.717, 1.165) is 12.8 Å². The third-order valence-electron chi connectivity index (χ3n) is 3.24. The fourth-order valence-corrected chi connectivity index (χ4v) is 4.37. The molecule has 0 saturated heterocycles. The van der Waals surface area contributed by atoms with Crippen LogP contribution in [0.15, 0.2) is 25.3 Å². The van der Waals surface area contributed by atoms with E-state index >= 15 is 0 Å². The molecule has 2 heteroatoms. The zero-order chi connectivity index (χ0) is 13.9. The molecule has 0 rings (SSSR count). The topological polar surface area (TPSA) is 0 Å². The molecule has 104 valence electrons. The Morgan fingerprint density at radius 3 is 2.11 bits per heavy atom. The number of thioether (sulfide) groups is 1. The van der Waals surface area contributed by atoms with Crippen LogP contribution in [0.25, 0.3) is 0 Å². The van der Waals surface area contributed by atoms with Crippen LogP contribution in [-0.4, -0.2) is 25.1 Å². The molecule has 0 N–H and O–H groups in total. The Balaban J connectivity index is 4.70. The number of rotatable bonds is 12. The van der Waals surface area contributed by atoms with Crippen LogP contribution in [0.1, 0.15) is 58.8 Å². The molecular formula is C16H28SSe. The minimum absolute atomic E-state index is 0.248. The maximum atomic E-state index is 3.94. The third kappa shape index (κ3) is 6.40. The Labute approximate surface area is 126 Å². The monoisotopic (exact) mass is 332 g/mol. The van der Waals surface area contributed by atoms with Gasteiger partial charge >= 0.3 is 126 Å². The predicted octanol–water partition coefficient (Wildman–Crippen LogP) is 5.15.